The molecule has 0 amide bonds. The molecule has 0 radical (unpaired) electrons. The van der Waals surface area contributed by atoms with E-state index < -0.39 is 0 Å². The van der Waals surface area contributed by atoms with Crippen molar-refractivity contribution in [2.75, 3.05) is 13.1 Å². The molecule has 0 bridgehead atoms. The van der Waals surface area contributed by atoms with Crippen molar-refractivity contribution in [3.8, 4) is 6.07 Å². The molecule has 1 aromatic carbocycles. The van der Waals surface area contributed by atoms with E-state index >= 15 is 0 Å². The summed E-state index contributed by atoms with van der Waals surface area (Å²) in [7, 11) is 0. The number of hydrogen-bond donors (Lipinski definition) is 1. The zero-order valence-corrected chi connectivity index (χ0v) is 8.46. The summed E-state index contributed by atoms with van der Waals surface area (Å²) in [6.07, 6.45) is 0. The van der Waals surface area contributed by atoms with Crippen LogP contribution in [0.5, 0.6) is 0 Å². The van der Waals surface area contributed by atoms with Crippen LogP contribution >= 0.6 is 11.6 Å². The van der Waals surface area contributed by atoms with Gasteiger partial charge in [-0.3, -0.25) is 0 Å². The summed E-state index contributed by atoms with van der Waals surface area (Å²) in [6, 6.07) is 10.1. The van der Waals surface area contributed by atoms with Crippen LogP contribution in [0.2, 0.25) is 5.02 Å². The van der Waals surface area contributed by atoms with Crippen LogP contribution in [0.3, 0.4) is 0 Å². The number of rotatable bonds is 1. The van der Waals surface area contributed by atoms with Gasteiger partial charge in [0.2, 0.25) is 0 Å². The third-order valence-corrected chi connectivity index (χ3v) is 2.93. The minimum Gasteiger partial charge on any atom is -0.315 e. The second kappa shape index (κ2) is 4.00. The molecule has 14 heavy (non-hydrogen) atoms. The summed E-state index contributed by atoms with van der Waals surface area (Å²) < 4.78 is 0. The first-order valence-corrected chi connectivity index (χ1v) is 5.05. The minimum atomic E-state index is 0.0937. The van der Waals surface area contributed by atoms with Gasteiger partial charge in [0.25, 0.3) is 0 Å². The Morgan fingerprint density at radius 1 is 1.29 bits per heavy atom. The van der Waals surface area contributed by atoms with Gasteiger partial charge in [0, 0.05) is 24.0 Å². The van der Waals surface area contributed by atoms with Gasteiger partial charge in [-0.1, -0.05) is 23.7 Å². The summed E-state index contributed by atoms with van der Waals surface area (Å²) in [5, 5.41) is 12.9. The third kappa shape index (κ3) is 1.75. The highest BCUT2D eigenvalue weighted by Gasteiger charge is 2.27. The quantitative estimate of drug-likeness (QED) is 0.765. The zero-order valence-electron chi connectivity index (χ0n) is 7.70. The average Bonchev–Trinajstić information content (AvgIpc) is 2.67. The number of benzene rings is 1. The third-order valence-electron chi connectivity index (χ3n) is 2.68. The maximum atomic E-state index is 8.94. The van der Waals surface area contributed by atoms with Crippen molar-refractivity contribution < 1.29 is 0 Å². The van der Waals surface area contributed by atoms with E-state index in [1.54, 1.807) is 0 Å². The maximum Gasteiger partial charge on any atom is 0.0676 e. The second-order valence-electron chi connectivity index (χ2n) is 3.55. The Hall–Kier alpha value is -1.04. The van der Waals surface area contributed by atoms with E-state index in [0.29, 0.717) is 5.92 Å². The lowest BCUT2D eigenvalue weighted by molar-refractivity contribution is 0.646. The van der Waals surface area contributed by atoms with E-state index in [1.165, 1.54) is 5.56 Å². The molecule has 0 spiro atoms. The molecule has 1 heterocycles. The first-order valence-electron chi connectivity index (χ1n) is 4.67. The van der Waals surface area contributed by atoms with Gasteiger partial charge in [0.15, 0.2) is 0 Å². The largest absolute Gasteiger partial charge is 0.315 e. The van der Waals surface area contributed by atoms with Crippen LogP contribution in [-0.4, -0.2) is 13.1 Å². The Balaban J connectivity index is 2.23. The molecule has 72 valence electrons. The van der Waals surface area contributed by atoms with Crippen molar-refractivity contribution in [3.05, 3.63) is 34.9 Å². The molecule has 0 aliphatic carbocycles. The van der Waals surface area contributed by atoms with Gasteiger partial charge < -0.3 is 5.32 Å². The van der Waals surface area contributed by atoms with Gasteiger partial charge in [0.1, 0.15) is 0 Å². The molecule has 2 nitrogen and oxygen atoms in total. The Kier molecular flexibility index (Phi) is 2.72. The minimum absolute atomic E-state index is 0.0937. The normalized spacial score (nSPS) is 26.0. The van der Waals surface area contributed by atoms with E-state index in [-0.39, 0.29) is 5.92 Å². The van der Waals surface area contributed by atoms with Crippen LogP contribution in [0, 0.1) is 17.2 Å². The van der Waals surface area contributed by atoms with Crippen molar-refractivity contribution >= 4 is 11.6 Å². The lowest BCUT2D eigenvalue weighted by Crippen LogP contribution is -2.08. The van der Waals surface area contributed by atoms with Crippen LogP contribution in [0.1, 0.15) is 11.5 Å². The molecule has 1 aliphatic heterocycles. The van der Waals surface area contributed by atoms with Crippen molar-refractivity contribution in [2.45, 2.75) is 5.92 Å². The van der Waals surface area contributed by atoms with Crippen molar-refractivity contribution in [3.63, 3.8) is 0 Å². The molecular weight excluding hydrogens is 196 g/mol. The molecule has 2 atom stereocenters. The SMILES string of the molecule is N#C[C@H]1CNC[C@@H]1c1ccc(Cl)cc1. The first kappa shape index (κ1) is 9.51. The van der Waals surface area contributed by atoms with Gasteiger partial charge in [-0.05, 0) is 17.7 Å². The van der Waals surface area contributed by atoms with E-state index in [1.807, 2.05) is 24.3 Å². The van der Waals surface area contributed by atoms with Gasteiger partial charge in [-0.25, -0.2) is 0 Å². The van der Waals surface area contributed by atoms with E-state index in [0.717, 1.165) is 18.1 Å². The molecule has 3 heteroatoms. The molecule has 1 saturated heterocycles. The summed E-state index contributed by atoms with van der Waals surface area (Å²) in [5.41, 5.74) is 1.20. The summed E-state index contributed by atoms with van der Waals surface area (Å²) in [4.78, 5) is 0. The highest BCUT2D eigenvalue weighted by atomic mass is 35.5. The Morgan fingerprint density at radius 3 is 2.64 bits per heavy atom. The maximum absolute atomic E-state index is 8.94. The number of halogens is 1. The molecule has 2 rings (SSSR count). The van der Waals surface area contributed by atoms with Crippen LogP contribution in [-0.2, 0) is 0 Å². The second-order valence-corrected chi connectivity index (χ2v) is 3.99. The number of nitrogens with one attached hydrogen (secondary N) is 1. The molecule has 1 aliphatic rings. The lowest BCUT2D eigenvalue weighted by atomic mass is 9.90. The van der Waals surface area contributed by atoms with E-state index in [2.05, 4.69) is 11.4 Å². The van der Waals surface area contributed by atoms with E-state index in [9.17, 15) is 0 Å². The van der Waals surface area contributed by atoms with Crippen LogP contribution in [0.4, 0.5) is 0 Å². The highest BCUT2D eigenvalue weighted by molar-refractivity contribution is 6.30. The number of hydrogen-bond acceptors (Lipinski definition) is 2. The first-order chi connectivity index (χ1) is 6.81. The summed E-state index contributed by atoms with van der Waals surface area (Å²) >= 11 is 5.81. The van der Waals surface area contributed by atoms with Crippen molar-refractivity contribution in [2.24, 2.45) is 5.92 Å². The molecule has 1 aromatic rings. The fourth-order valence-electron chi connectivity index (χ4n) is 1.87. The zero-order chi connectivity index (χ0) is 9.97. The van der Waals surface area contributed by atoms with Crippen molar-refractivity contribution in [1.82, 2.24) is 5.32 Å². The predicted molar refractivity (Wildman–Crippen MR) is 56.2 cm³/mol. The molecule has 0 aromatic heterocycles. The van der Waals surface area contributed by atoms with Gasteiger partial charge >= 0.3 is 0 Å². The summed E-state index contributed by atoms with van der Waals surface area (Å²) in [5.74, 6) is 0.411. The highest BCUT2D eigenvalue weighted by Crippen LogP contribution is 2.28. The number of nitriles is 1. The summed E-state index contributed by atoms with van der Waals surface area (Å²) in [6.45, 7) is 1.68. The van der Waals surface area contributed by atoms with Gasteiger partial charge in [-0.2, -0.15) is 5.26 Å². The molecule has 0 unspecified atom stereocenters. The van der Waals surface area contributed by atoms with Crippen LogP contribution < -0.4 is 5.32 Å². The Labute approximate surface area is 88.5 Å². The molecule has 0 saturated carbocycles. The fourth-order valence-corrected chi connectivity index (χ4v) is 2.00. The van der Waals surface area contributed by atoms with Gasteiger partial charge in [-0.15, -0.1) is 0 Å². The van der Waals surface area contributed by atoms with E-state index in [4.69, 9.17) is 16.9 Å². The van der Waals surface area contributed by atoms with Gasteiger partial charge in [0.05, 0.1) is 12.0 Å². The topological polar surface area (TPSA) is 35.8 Å². The molecule has 1 fully saturated rings. The molecule has 1 N–H and O–H groups in total. The smallest absolute Gasteiger partial charge is 0.0676 e. The monoisotopic (exact) mass is 206 g/mol. The average molecular weight is 207 g/mol. The van der Waals surface area contributed by atoms with Crippen LogP contribution in [0.15, 0.2) is 24.3 Å². The number of nitrogens with zero attached hydrogens (tertiary/aromatic N) is 1. The van der Waals surface area contributed by atoms with Crippen LogP contribution in [0.25, 0.3) is 0 Å². The Morgan fingerprint density at radius 2 is 2.00 bits per heavy atom. The lowest BCUT2D eigenvalue weighted by Gasteiger charge is -2.12. The standard InChI is InChI=1S/C11H11ClN2/c12-10-3-1-8(2-4-10)11-7-14-6-9(11)5-13/h1-4,9,11,14H,6-7H2/t9-,11+/m0/s1. The molecular formula is C11H11ClN2. The fraction of sp³-hybridized carbons (Fsp3) is 0.364. The predicted octanol–water partition coefficient (Wildman–Crippen LogP) is 2.17. The van der Waals surface area contributed by atoms with Crippen molar-refractivity contribution in [1.29, 1.82) is 5.26 Å². The Bertz CT molecular complexity index is 353.